The van der Waals surface area contributed by atoms with Crippen LogP contribution in [0.2, 0.25) is 0 Å². The first-order valence-electron chi connectivity index (χ1n) is 2.72. The zero-order chi connectivity index (χ0) is 6.85. The average molecular weight is 112 g/mol. The van der Waals surface area contributed by atoms with Gasteiger partial charge in [-0.05, 0) is 24.2 Å². The summed E-state index contributed by atoms with van der Waals surface area (Å²) in [5.41, 5.74) is 5.54. The molecule has 0 unspecified atom stereocenters. The van der Waals surface area contributed by atoms with E-state index in [2.05, 4.69) is 0 Å². The van der Waals surface area contributed by atoms with Gasteiger partial charge in [0.15, 0.2) is 0 Å². The van der Waals surface area contributed by atoms with Gasteiger partial charge in [-0.25, -0.2) is 4.39 Å². The molecule has 1 aromatic rings. The molecule has 0 aromatic heterocycles. The SMILES string of the molecule is [2H]c1cc(F)ccc1N. The van der Waals surface area contributed by atoms with E-state index < -0.39 is 5.82 Å². The van der Waals surface area contributed by atoms with Crippen LogP contribution in [0.15, 0.2) is 24.2 Å². The maximum Gasteiger partial charge on any atom is 0.123 e. The second-order valence-corrected chi connectivity index (χ2v) is 1.46. The lowest BCUT2D eigenvalue weighted by molar-refractivity contribution is 0.628. The quantitative estimate of drug-likeness (QED) is 0.504. The number of nitrogen functional groups attached to an aromatic ring is 1. The monoisotopic (exact) mass is 112 g/mol. The number of hydrogen-bond donors (Lipinski definition) is 1. The fraction of sp³-hybridized carbons (Fsp3) is 0. The highest BCUT2D eigenvalue weighted by Crippen LogP contribution is 2.01. The third kappa shape index (κ3) is 0.964. The van der Waals surface area contributed by atoms with E-state index in [1.807, 2.05) is 0 Å². The molecule has 0 bridgehead atoms. The summed E-state index contributed by atoms with van der Waals surface area (Å²) in [6.45, 7) is 0. The third-order valence-corrected chi connectivity index (χ3v) is 0.799. The highest BCUT2D eigenvalue weighted by molar-refractivity contribution is 5.36. The molecule has 0 atom stereocenters. The van der Waals surface area contributed by atoms with Gasteiger partial charge < -0.3 is 5.73 Å². The fourth-order valence-electron chi connectivity index (χ4n) is 0.418. The largest absolute Gasteiger partial charge is 0.399 e. The van der Waals surface area contributed by atoms with Gasteiger partial charge in [0.05, 0.1) is 1.37 Å². The summed E-state index contributed by atoms with van der Waals surface area (Å²) >= 11 is 0. The van der Waals surface area contributed by atoms with Crippen LogP contribution >= 0.6 is 0 Å². The zero-order valence-electron chi connectivity index (χ0n) is 5.19. The van der Waals surface area contributed by atoms with Crippen molar-refractivity contribution in [2.45, 2.75) is 0 Å². The Morgan fingerprint density at radius 1 is 1.50 bits per heavy atom. The Hall–Kier alpha value is -1.05. The van der Waals surface area contributed by atoms with Gasteiger partial charge in [0, 0.05) is 5.69 Å². The highest BCUT2D eigenvalue weighted by atomic mass is 19.1. The predicted octanol–water partition coefficient (Wildman–Crippen LogP) is 1.41. The molecule has 0 spiro atoms. The number of benzene rings is 1. The first-order valence-corrected chi connectivity index (χ1v) is 2.22. The van der Waals surface area contributed by atoms with Crippen molar-refractivity contribution in [3.8, 4) is 0 Å². The smallest absolute Gasteiger partial charge is 0.123 e. The molecule has 0 radical (unpaired) electrons. The molecular formula is C6H6FN. The second-order valence-electron chi connectivity index (χ2n) is 1.46. The molecule has 1 nitrogen and oxygen atoms in total. The van der Waals surface area contributed by atoms with Gasteiger partial charge in [0.25, 0.3) is 0 Å². The van der Waals surface area contributed by atoms with Crippen LogP contribution in [-0.4, -0.2) is 0 Å². The fourth-order valence-corrected chi connectivity index (χ4v) is 0.418. The standard InChI is InChI=1S/C6H6FN/c7-5-1-3-6(8)4-2-5/h1-4H,8H2/i3D. The summed E-state index contributed by atoms with van der Waals surface area (Å²) in [5.74, 6) is -0.422. The van der Waals surface area contributed by atoms with Crippen LogP contribution in [-0.2, 0) is 0 Å². The molecule has 8 heavy (non-hydrogen) atoms. The summed E-state index contributed by atoms with van der Waals surface area (Å²) in [7, 11) is 0. The summed E-state index contributed by atoms with van der Waals surface area (Å²) < 4.78 is 19.2. The van der Waals surface area contributed by atoms with Gasteiger partial charge in [-0.1, -0.05) is 0 Å². The molecule has 0 amide bonds. The van der Waals surface area contributed by atoms with Crippen LogP contribution in [0.25, 0.3) is 0 Å². The van der Waals surface area contributed by atoms with Gasteiger partial charge in [0.1, 0.15) is 5.82 Å². The molecule has 0 fully saturated rings. The van der Waals surface area contributed by atoms with Crippen molar-refractivity contribution >= 4 is 5.69 Å². The Kier molecular flexibility index (Phi) is 0.886. The van der Waals surface area contributed by atoms with Crippen molar-refractivity contribution < 1.29 is 5.76 Å². The average Bonchev–Trinajstić information content (AvgIpc) is 1.80. The minimum atomic E-state index is -0.422. The maximum absolute atomic E-state index is 12.2. The van der Waals surface area contributed by atoms with Gasteiger partial charge >= 0.3 is 0 Å². The van der Waals surface area contributed by atoms with E-state index in [1.54, 1.807) is 0 Å². The van der Waals surface area contributed by atoms with Crippen LogP contribution < -0.4 is 5.73 Å². The summed E-state index contributed by atoms with van der Waals surface area (Å²) in [4.78, 5) is 0. The Morgan fingerprint density at radius 2 is 2.25 bits per heavy atom. The molecule has 0 saturated carbocycles. The first kappa shape index (κ1) is 3.89. The molecule has 0 saturated heterocycles. The van der Waals surface area contributed by atoms with Crippen molar-refractivity contribution in [3.05, 3.63) is 30.1 Å². The van der Waals surface area contributed by atoms with E-state index in [1.165, 1.54) is 12.1 Å². The minimum Gasteiger partial charge on any atom is -0.399 e. The lowest BCUT2D eigenvalue weighted by atomic mass is 10.3. The molecule has 1 rings (SSSR count). The highest BCUT2D eigenvalue weighted by Gasteiger charge is 1.83. The van der Waals surface area contributed by atoms with Gasteiger partial charge in [-0.3, -0.25) is 0 Å². The Morgan fingerprint density at radius 3 is 2.75 bits per heavy atom. The van der Waals surface area contributed by atoms with Gasteiger partial charge in [0.2, 0.25) is 0 Å². The van der Waals surface area contributed by atoms with E-state index >= 15 is 0 Å². The molecule has 0 aliphatic carbocycles. The Bertz CT molecular complexity index is 224. The van der Waals surface area contributed by atoms with Crippen LogP contribution in [0.4, 0.5) is 10.1 Å². The molecule has 2 heteroatoms. The van der Waals surface area contributed by atoms with Crippen molar-refractivity contribution in [2.75, 3.05) is 5.73 Å². The minimum absolute atomic E-state index is 0.0370. The molecular weight excluding hydrogens is 105 g/mol. The van der Waals surface area contributed by atoms with E-state index in [4.69, 9.17) is 7.10 Å². The Balaban J connectivity index is 3.17. The summed E-state index contributed by atoms with van der Waals surface area (Å²) in [6, 6.07) is 3.72. The first-order chi connectivity index (χ1) is 4.20. The molecule has 42 valence electrons. The van der Waals surface area contributed by atoms with E-state index in [0.29, 0.717) is 5.69 Å². The van der Waals surface area contributed by atoms with Crippen molar-refractivity contribution in [1.29, 1.82) is 0 Å². The molecule has 0 aliphatic heterocycles. The van der Waals surface area contributed by atoms with Crippen LogP contribution in [0.1, 0.15) is 1.37 Å². The third-order valence-electron chi connectivity index (χ3n) is 0.799. The van der Waals surface area contributed by atoms with Crippen molar-refractivity contribution in [2.24, 2.45) is 0 Å². The lowest BCUT2D eigenvalue weighted by Crippen LogP contribution is -1.82. The molecule has 0 aliphatic rings. The van der Waals surface area contributed by atoms with Gasteiger partial charge in [-0.2, -0.15) is 0 Å². The normalized spacial score (nSPS) is 10.9. The van der Waals surface area contributed by atoms with Crippen LogP contribution in [0.5, 0.6) is 0 Å². The topological polar surface area (TPSA) is 26.0 Å². The van der Waals surface area contributed by atoms with E-state index in [9.17, 15) is 4.39 Å². The number of hydrogen-bond acceptors (Lipinski definition) is 1. The van der Waals surface area contributed by atoms with Crippen molar-refractivity contribution in [3.63, 3.8) is 0 Å². The number of nitrogens with two attached hydrogens (primary N) is 1. The van der Waals surface area contributed by atoms with Crippen LogP contribution in [0, 0.1) is 5.82 Å². The number of halogens is 1. The van der Waals surface area contributed by atoms with Crippen LogP contribution in [0.3, 0.4) is 0 Å². The predicted molar refractivity (Wildman–Crippen MR) is 30.8 cm³/mol. The summed E-state index contributed by atoms with van der Waals surface area (Å²) in [6.07, 6.45) is 0. The van der Waals surface area contributed by atoms with Crippen molar-refractivity contribution in [1.82, 2.24) is 0 Å². The van der Waals surface area contributed by atoms with Gasteiger partial charge in [-0.15, -0.1) is 0 Å². The molecule has 2 N–H and O–H groups in total. The zero-order valence-corrected chi connectivity index (χ0v) is 4.19. The lowest BCUT2D eigenvalue weighted by Gasteiger charge is -1.87. The van der Waals surface area contributed by atoms with E-state index in [-0.39, 0.29) is 6.04 Å². The Labute approximate surface area is 48.3 Å². The maximum atomic E-state index is 12.2. The number of rotatable bonds is 0. The summed E-state index contributed by atoms with van der Waals surface area (Å²) in [5, 5.41) is 0. The van der Waals surface area contributed by atoms with E-state index in [0.717, 1.165) is 6.07 Å². The second kappa shape index (κ2) is 1.82. The molecule has 1 aromatic carbocycles. The molecule has 0 heterocycles. The number of anilines is 1.